The fourth-order valence-electron chi connectivity index (χ4n) is 1.77. The zero-order chi connectivity index (χ0) is 12.5. The summed E-state index contributed by atoms with van der Waals surface area (Å²) in [5, 5.41) is 6.73. The van der Waals surface area contributed by atoms with E-state index >= 15 is 0 Å². The van der Waals surface area contributed by atoms with Gasteiger partial charge in [0.1, 0.15) is 0 Å². The van der Waals surface area contributed by atoms with Gasteiger partial charge in [-0.25, -0.2) is 0 Å². The summed E-state index contributed by atoms with van der Waals surface area (Å²) in [4.78, 5) is 11.6. The van der Waals surface area contributed by atoms with Crippen molar-refractivity contribution in [3.63, 3.8) is 0 Å². The Bertz CT molecular complexity index is 414. The van der Waals surface area contributed by atoms with Crippen molar-refractivity contribution in [3.8, 4) is 0 Å². The SMILES string of the molecule is CC1(C)CC1NCC(=O)Nc1ccc(Cl)cc1. The van der Waals surface area contributed by atoms with Crippen LogP contribution in [0.2, 0.25) is 5.02 Å². The van der Waals surface area contributed by atoms with E-state index in [0.717, 1.165) is 12.1 Å². The second-order valence-electron chi connectivity index (χ2n) is 5.18. The van der Waals surface area contributed by atoms with Crippen molar-refractivity contribution in [3.05, 3.63) is 29.3 Å². The third-order valence-corrected chi connectivity index (χ3v) is 3.40. The van der Waals surface area contributed by atoms with Gasteiger partial charge in [0, 0.05) is 16.8 Å². The van der Waals surface area contributed by atoms with Crippen molar-refractivity contribution in [2.24, 2.45) is 5.41 Å². The molecule has 1 unspecified atom stereocenters. The Labute approximate surface area is 107 Å². The molecular formula is C13H17ClN2O. The average Bonchev–Trinajstić information content (AvgIpc) is 2.87. The van der Waals surface area contributed by atoms with Crippen LogP contribution < -0.4 is 10.6 Å². The van der Waals surface area contributed by atoms with Gasteiger partial charge < -0.3 is 10.6 Å². The molecule has 0 aromatic heterocycles. The second kappa shape index (κ2) is 4.67. The van der Waals surface area contributed by atoms with E-state index in [2.05, 4.69) is 24.5 Å². The van der Waals surface area contributed by atoms with Crippen LogP contribution in [-0.4, -0.2) is 18.5 Å². The fraction of sp³-hybridized carbons (Fsp3) is 0.462. The van der Waals surface area contributed by atoms with Crippen molar-refractivity contribution in [2.45, 2.75) is 26.3 Å². The first kappa shape index (κ1) is 12.4. The highest BCUT2D eigenvalue weighted by atomic mass is 35.5. The van der Waals surface area contributed by atoms with Crippen molar-refractivity contribution < 1.29 is 4.79 Å². The Morgan fingerprint density at radius 1 is 1.41 bits per heavy atom. The van der Waals surface area contributed by atoms with Crippen molar-refractivity contribution in [1.29, 1.82) is 0 Å². The molecule has 3 nitrogen and oxygen atoms in total. The average molecular weight is 253 g/mol. The summed E-state index contributed by atoms with van der Waals surface area (Å²) < 4.78 is 0. The van der Waals surface area contributed by atoms with Gasteiger partial charge in [-0.2, -0.15) is 0 Å². The molecule has 17 heavy (non-hydrogen) atoms. The molecule has 1 aromatic carbocycles. The molecule has 2 N–H and O–H groups in total. The first-order valence-electron chi connectivity index (χ1n) is 5.76. The van der Waals surface area contributed by atoms with Crippen molar-refractivity contribution in [1.82, 2.24) is 5.32 Å². The maximum atomic E-state index is 11.6. The summed E-state index contributed by atoms with van der Waals surface area (Å²) in [5.41, 5.74) is 1.12. The lowest BCUT2D eigenvalue weighted by Gasteiger charge is -2.07. The molecule has 1 aliphatic rings. The number of amides is 1. The molecule has 0 heterocycles. The Morgan fingerprint density at radius 2 is 2.00 bits per heavy atom. The van der Waals surface area contributed by atoms with Crippen molar-refractivity contribution in [2.75, 3.05) is 11.9 Å². The van der Waals surface area contributed by atoms with Crippen LogP contribution in [0.15, 0.2) is 24.3 Å². The number of halogens is 1. The molecule has 2 rings (SSSR count). The van der Waals surface area contributed by atoms with Gasteiger partial charge in [0.2, 0.25) is 5.91 Å². The molecule has 92 valence electrons. The van der Waals surface area contributed by atoms with Crippen LogP contribution in [0.5, 0.6) is 0 Å². The molecule has 0 radical (unpaired) electrons. The van der Waals surface area contributed by atoms with E-state index in [0.29, 0.717) is 23.0 Å². The predicted octanol–water partition coefficient (Wildman–Crippen LogP) is 2.67. The third kappa shape index (κ3) is 3.45. The Morgan fingerprint density at radius 3 is 2.53 bits per heavy atom. The number of rotatable bonds is 4. The maximum absolute atomic E-state index is 11.6. The molecule has 0 bridgehead atoms. The minimum absolute atomic E-state index is 0.0185. The minimum atomic E-state index is -0.0185. The monoisotopic (exact) mass is 252 g/mol. The van der Waals surface area contributed by atoms with E-state index in [9.17, 15) is 4.79 Å². The molecule has 1 atom stereocenters. The fourth-order valence-corrected chi connectivity index (χ4v) is 1.90. The van der Waals surface area contributed by atoms with E-state index in [1.807, 2.05) is 0 Å². The van der Waals surface area contributed by atoms with Gasteiger partial charge in [-0.05, 0) is 36.1 Å². The quantitative estimate of drug-likeness (QED) is 0.865. The van der Waals surface area contributed by atoms with Gasteiger partial charge in [-0.15, -0.1) is 0 Å². The maximum Gasteiger partial charge on any atom is 0.238 e. The van der Waals surface area contributed by atoms with E-state index in [1.165, 1.54) is 0 Å². The van der Waals surface area contributed by atoms with E-state index in [4.69, 9.17) is 11.6 Å². The standard InChI is InChI=1S/C13H17ClN2O/c1-13(2)7-11(13)15-8-12(17)16-10-5-3-9(14)4-6-10/h3-6,11,15H,7-8H2,1-2H3,(H,16,17). The first-order valence-corrected chi connectivity index (χ1v) is 6.14. The molecule has 0 saturated heterocycles. The van der Waals surface area contributed by atoms with Crippen LogP contribution in [-0.2, 0) is 4.79 Å². The smallest absolute Gasteiger partial charge is 0.238 e. The van der Waals surface area contributed by atoms with E-state index in [1.54, 1.807) is 24.3 Å². The largest absolute Gasteiger partial charge is 0.325 e. The van der Waals surface area contributed by atoms with Gasteiger partial charge in [-0.3, -0.25) is 4.79 Å². The second-order valence-corrected chi connectivity index (χ2v) is 5.62. The Balaban J connectivity index is 1.76. The number of hydrogen-bond donors (Lipinski definition) is 2. The highest BCUT2D eigenvalue weighted by Gasteiger charge is 2.45. The molecule has 4 heteroatoms. The van der Waals surface area contributed by atoms with Crippen LogP contribution in [0.1, 0.15) is 20.3 Å². The summed E-state index contributed by atoms with van der Waals surface area (Å²) in [6.45, 7) is 4.75. The van der Waals surface area contributed by atoms with Crippen molar-refractivity contribution >= 4 is 23.2 Å². The summed E-state index contributed by atoms with van der Waals surface area (Å²) in [7, 11) is 0. The lowest BCUT2D eigenvalue weighted by molar-refractivity contribution is -0.115. The van der Waals surface area contributed by atoms with Gasteiger partial charge >= 0.3 is 0 Å². The number of carbonyl (C=O) groups excluding carboxylic acids is 1. The van der Waals surface area contributed by atoms with Gasteiger partial charge in [0.05, 0.1) is 6.54 Å². The number of benzene rings is 1. The van der Waals surface area contributed by atoms with Crippen LogP contribution in [0, 0.1) is 5.41 Å². The third-order valence-electron chi connectivity index (χ3n) is 3.15. The summed E-state index contributed by atoms with van der Waals surface area (Å²) in [6, 6.07) is 7.57. The normalized spacial score (nSPS) is 21.0. The summed E-state index contributed by atoms with van der Waals surface area (Å²) >= 11 is 5.77. The summed E-state index contributed by atoms with van der Waals surface area (Å²) in [5.74, 6) is -0.0185. The van der Waals surface area contributed by atoms with Gasteiger partial charge in [0.15, 0.2) is 0 Å². The van der Waals surface area contributed by atoms with E-state index in [-0.39, 0.29) is 5.91 Å². The predicted molar refractivity (Wildman–Crippen MR) is 70.3 cm³/mol. The Kier molecular flexibility index (Phi) is 3.40. The number of nitrogens with one attached hydrogen (secondary N) is 2. The van der Waals surface area contributed by atoms with Gasteiger partial charge in [0.25, 0.3) is 0 Å². The number of anilines is 1. The topological polar surface area (TPSA) is 41.1 Å². The summed E-state index contributed by atoms with van der Waals surface area (Å²) in [6.07, 6.45) is 1.14. The van der Waals surface area contributed by atoms with Crippen LogP contribution in [0.4, 0.5) is 5.69 Å². The molecular weight excluding hydrogens is 236 g/mol. The lowest BCUT2D eigenvalue weighted by Crippen LogP contribution is -2.31. The van der Waals surface area contributed by atoms with Crippen LogP contribution >= 0.6 is 11.6 Å². The molecule has 0 spiro atoms. The molecule has 0 aliphatic heterocycles. The first-order chi connectivity index (χ1) is 7.97. The molecule has 1 aromatic rings. The zero-order valence-corrected chi connectivity index (χ0v) is 10.8. The van der Waals surface area contributed by atoms with E-state index < -0.39 is 0 Å². The zero-order valence-electron chi connectivity index (χ0n) is 10.1. The molecule has 1 fully saturated rings. The van der Waals surface area contributed by atoms with Crippen LogP contribution in [0.25, 0.3) is 0 Å². The minimum Gasteiger partial charge on any atom is -0.325 e. The van der Waals surface area contributed by atoms with Gasteiger partial charge in [-0.1, -0.05) is 25.4 Å². The highest BCUT2D eigenvalue weighted by molar-refractivity contribution is 6.30. The number of hydrogen-bond acceptors (Lipinski definition) is 2. The lowest BCUT2D eigenvalue weighted by atomic mass is 10.2. The molecule has 1 amide bonds. The molecule has 1 aliphatic carbocycles. The number of carbonyl (C=O) groups is 1. The van der Waals surface area contributed by atoms with Crippen LogP contribution in [0.3, 0.4) is 0 Å². The Hall–Kier alpha value is -1.06. The highest BCUT2D eigenvalue weighted by Crippen LogP contribution is 2.44. The molecule has 1 saturated carbocycles.